The SMILES string of the molecule is C=CC(C)(C)OC[C@@H]1NC(=O)C[C@H]([C@@H](C)OC(C)(C)C=C)NC(=O)[C@@H]2CSC(N2)[C@@H](Cc2ccccc2)NC(=O)[C@@H]2CCCN2C(=O)[C@H](C)NC(=O)[C@H]([C@@H](C)CC)NC1=O. The summed E-state index contributed by atoms with van der Waals surface area (Å²) in [7, 11) is 0. The smallest absolute Gasteiger partial charge is 0.245 e. The molecule has 332 valence electrons. The number of carbonyl (C=O) groups is 6. The molecule has 3 aliphatic rings. The van der Waals surface area contributed by atoms with E-state index in [0.717, 1.165) is 5.56 Å². The van der Waals surface area contributed by atoms with Crippen LogP contribution in [0, 0.1) is 5.92 Å². The van der Waals surface area contributed by atoms with Crippen LogP contribution >= 0.6 is 11.8 Å². The molecule has 6 N–H and O–H groups in total. The minimum Gasteiger partial charge on any atom is -0.369 e. The van der Waals surface area contributed by atoms with Crippen molar-refractivity contribution < 1.29 is 38.2 Å². The summed E-state index contributed by atoms with van der Waals surface area (Å²) in [5.74, 6) is -2.94. The van der Waals surface area contributed by atoms with E-state index in [1.165, 1.54) is 16.7 Å². The highest BCUT2D eigenvalue weighted by Crippen LogP contribution is 2.26. The van der Waals surface area contributed by atoms with Gasteiger partial charge in [-0.05, 0) is 72.3 Å². The van der Waals surface area contributed by atoms with Crippen LogP contribution < -0.4 is 31.9 Å². The summed E-state index contributed by atoms with van der Waals surface area (Å²) >= 11 is 1.50. The molecular weight excluding hydrogens is 787 g/mol. The van der Waals surface area contributed by atoms with Gasteiger partial charge in [-0.15, -0.1) is 24.9 Å². The maximum atomic E-state index is 14.1. The summed E-state index contributed by atoms with van der Waals surface area (Å²) < 4.78 is 12.3. The molecule has 60 heavy (non-hydrogen) atoms. The summed E-state index contributed by atoms with van der Waals surface area (Å²) in [6.45, 7) is 21.9. The molecule has 15 nitrogen and oxygen atoms in total. The molecule has 0 spiro atoms. The third-order valence-electron chi connectivity index (χ3n) is 11.5. The Morgan fingerprint density at radius 1 is 0.883 bits per heavy atom. The molecule has 3 aliphatic heterocycles. The Hall–Kier alpha value is -4.25. The van der Waals surface area contributed by atoms with Crippen LogP contribution in [0.25, 0.3) is 0 Å². The van der Waals surface area contributed by atoms with Crippen molar-refractivity contribution in [2.45, 2.75) is 152 Å². The van der Waals surface area contributed by atoms with E-state index in [-0.39, 0.29) is 36.1 Å². The van der Waals surface area contributed by atoms with Gasteiger partial charge in [-0.2, -0.15) is 0 Å². The van der Waals surface area contributed by atoms with Crippen LogP contribution in [-0.2, 0) is 44.7 Å². The number of carbonyl (C=O) groups excluding carboxylic acids is 6. The van der Waals surface area contributed by atoms with Crippen LogP contribution in [0.1, 0.15) is 86.6 Å². The first kappa shape index (κ1) is 48.4. The molecule has 1 aromatic rings. The second kappa shape index (κ2) is 21.5. The molecule has 0 radical (unpaired) electrons. The molecule has 0 aliphatic carbocycles. The van der Waals surface area contributed by atoms with Gasteiger partial charge < -0.3 is 41.0 Å². The summed E-state index contributed by atoms with van der Waals surface area (Å²) in [5.41, 5.74) is -0.679. The minimum absolute atomic E-state index is 0.264. The average Bonchev–Trinajstić information content (AvgIpc) is 3.92. The number of hydrogen-bond acceptors (Lipinski definition) is 10. The Bertz CT molecular complexity index is 1710. The molecule has 1 unspecified atom stereocenters. The highest BCUT2D eigenvalue weighted by atomic mass is 32.2. The third kappa shape index (κ3) is 13.4. The molecule has 4 rings (SSSR count). The van der Waals surface area contributed by atoms with Gasteiger partial charge in [0.1, 0.15) is 24.2 Å². The first-order valence-corrected chi connectivity index (χ1v) is 22.1. The third-order valence-corrected chi connectivity index (χ3v) is 12.9. The van der Waals surface area contributed by atoms with Crippen molar-refractivity contribution in [2.24, 2.45) is 5.92 Å². The summed E-state index contributed by atoms with van der Waals surface area (Å²) in [5, 5.41) is 17.7. The van der Waals surface area contributed by atoms with Crippen LogP contribution in [0.4, 0.5) is 0 Å². The molecule has 3 fully saturated rings. The van der Waals surface area contributed by atoms with Gasteiger partial charge in [0.15, 0.2) is 0 Å². The fourth-order valence-corrected chi connectivity index (χ4v) is 8.66. The number of amides is 6. The highest BCUT2D eigenvalue weighted by Gasteiger charge is 2.42. The van der Waals surface area contributed by atoms with E-state index in [1.807, 2.05) is 51.1 Å². The fraction of sp³-hybridized carbons (Fsp3) is 0.636. The van der Waals surface area contributed by atoms with E-state index in [4.69, 9.17) is 9.47 Å². The van der Waals surface area contributed by atoms with E-state index >= 15 is 0 Å². The van der Waals surface area contributed by atoms with Gasteiger partial charge in [0, 0.05) is 18.7 Å². The maximum absolute atomic E-state index is 14.1. The molecule has 10 atom stereocenters. The first-order valence-electron chi connectivity index (χ1n) is 21.1. The summed E-state index contributed by atoms with van der Waals surface area (Å²) in [6, 6.07) is 3.59. The number of ether oxygens (including phenoxy) is 2. The average molecular weight is 854 g/mol. The predicted molar refractivity (Wildman–Crippen MR) is 233 cm³/mol. The summed E-state index contributed by atoms with van der Waals surface area (Å²) in [4.78, 5) is 85.7. The molecule has 0 aromatic heterocycles. The van der Waals surface area contributed by atoms with E-state index < -0.39 is 83.2 Å². The normalized spacial score (nSPS) is 29.0. The van der Waals surface area contributed by atoms with Gasteiger partial charge in [-0.3, -0.25) is 34.1 Å². The Labute approximate surface area is 359 Å². The van der Waals surface area contributed by atoms with Crippen LogP contribution in [0.5, 0.6) is 0 Å². The Morgan fingerprint density at radius 2 is 1.57 bits per heavy atom. The van der Waals surface area contributed by atoms with Gasteiger partial charge in [-0.25, -0.2) is 0 Å². The van der Waals surface area contributed by atoms with Gasteiger partial charge in [0.2, 0.25) is 35.4 Å². The molecule has 3 heterocycles. The van der Waals surface area contributed by atoms with E-state index in [1.54, 1.807) is 46.8 Å². The molecule has 0 saturated carbocycles. The van der Waals surface area contributed by atoms with Crippen molar-refractivity contribution in [3.05, 3.63) is 61.2 Å². The predicted octanol–water partition coefficient (Wildman–Crippen LogP) is 2.50. The van der Waals surface area contributed by atoms with E-state index in [0.29, 0.717) is 38.0 Å². The van der Waals surface area contributed by atoms with Crippen molar-refractivity contribution in [3.8, 4) is 0 Å². The number of fused-ring (bicyclic) bond motifs is 3. The maximum Gasteiger partial charge on any atom is 0.245 e. The molecular formula is C44H67N7O8S. The van der Waals surface area contributed by atoms with Crippen molar-refractivity contribution in [2.75, 3.05) is 18.9 Å². The number of thioether (sulfide) groups is 1. The zero-order valence-corrected chi connectivity index (χ0v) is 37.3. The zero-order chi connectivity index (χ0) is 44.4. The Morgan fingerprint density at radius 3 is 2.22 bits per heavy atom. The number of rotatable bonds is 12. The van der Waals surface area contributed by atoms with Crippen molar-refractivity contribution in [1.29, 1.82) is 0 Å². The van der Waals surface area contributed by atoms with Crippen molar-refractivity contribution >= 4 is 47.2 Å². The molecule has 16 heteroatoms. The van der Waals surface area contributed by atoms with E-state index in [9.17, 15) is 28.8 Å². The van der Waals surface area contributed by atoms with Gasteiger partial charge in [0.05, 0.1) is 47.4 Å². The van der Waals surface area contributed by atoms with Crippen LogP contribution in [-0.4, -0.2) is 124 Å². The highest BCUT2D eigenvalue weighted by molar-refractivity contribution is 8.00. The Balaban J connectivity index is 1.73. The lowest BCUT2D eigenvalue weighted by atomic mass is 9.97. The molecule has 6 amide bonds. The number of nitrogens with one attached hydrogen (secondary N) is 6. The van der Waals surface area contributed by atoms with Crippen molar-refractivity contribution in [1.82, 2.24) is 36.8 Å². The van der Waals surface area contributed by atoms with Crippen LogP contribution in [0.2, 0.25) is 0 Å². The molecule has 3 saturated heterocycles. The zero-order valence-electron chi connectivity index (χ0n) is 36.5. The number of hydrogen-bond donors (Lipinski definition) is 6. The van der Waals surface area contributed by atoms with Gasteiger partial charge >= 0.3 is 0 Å². The lowest BCUT2D eigenvalue weighted by Crippen LogP contribution is -2.61. The van der Waals surface area contributed by atoms with Gasteiger partial charge in [0.25, 0.3) is 0 Å². The molecule has 2 bridgehead atoms. The summed E-state index contributed by atoms with van der Waals surface area (Å²) in [6.07, 6.45) is 4.26. The van der Waals surface area contributed by atoms with Crippen LogP contribution in [0.3, 0.4) is 0 Å². The first-order chi connectivity index (χ1) is 28.3. The van der Waals surface area contributed by atoms with Gasteiger partial charge in [-0.1, -0.05) is 62.8 Å². The van der Waals surface area contributed by atoms with Crippen molar-refractivity contribution in [3.63, 3.8) is 0 Å². The second-order valence-corrected chi connectivity index (χ2v) is 18.4. The largest absolute Gasteiger partial charge is 0.369 e. The standard InChI is InChI=1S/C44H67N7O8S/c1-11-26(4)36-40(56)45-27(5)42(57)51-21-17-20-34(51)39(55)48-31(22-29-18-15-14-16-19-29)41-49-33(25-60-41)38(54)47-30(28(6)59-44(9,10)13-3)23-35(52)46-32(37(53)50-36)24-58-43(7,8)12-2/h12-16,18-19,26-28,30-34,36,41,49H,2-3,11,17,20-25H2,1,4-10H3,(H,45,56)(H,46,52)(H,47,54)(H,48,55)(H,50,53)/t26-,27-,28+,30+,31+,32-,33-,34-,36-,41?/m0/s1. The van der Waals surface area contributed by atoms with E-state index in [2.05, 4.69) is 45.1 Å². The second-order valence-electron chi connectivity index (χ2n) is 17.3. The number of benzene rings is 1. The van der Waals surface area contributed by atoms with Crippen LogP contribution in [0.15, 0.2) is 55.6 Å². The number of nitrogens with zero attached hydrogens (tertiary/aromatic N) is 1. The quantitative estimate of drug-likeness (QED) is 0.170. The lowest BCUT2D eigenvalue weighted by molar-refractivity contribution is -0.142. The fourth-order valence-electron chi connectivity index (χ4n) is 7.35. The monoisotopic (exact) mass is 853 g/mol. The Kier molecular flexibility index (Phi) is 17.4. The molecule has 1 aromatic carbocycles. The lowest BCUT2D eigenvalue weighted by Gasteiger charge is -2.33. The topological polar surface area (TPSA) is 196 Å². The minimum atomic E-state index is -1.26.